The standard InChI is InChI=1S/C14H20ClNOS2/c15-11-2-3-14-12(10-11)13(4-8-19-14)16-5-9-18-7-1-6-17/h2-3,10,13,16-17H,1,4-9H2. The number of hydrogen-bond acceptors (Lipinski definition) is 4. The van der Waals surface area contributed by atoms with Crippen molar-refractivity contribution in [2.45, 2.75) is 23.8 Å². The van der Waals surface area contributed by atoms with E-state index >= 15 is 0 Å². The molecule has 1 aromatic carbocycles. The summed E-state index contributed by atoms with van der Waals surface area (Å²) in [5.74, 6) is 3.31. The lowest BCUT2D eigenvalue weighted by molar-refractivity contribution is 0.296. The second-order valence-corrected chi connectivity index (χ2v) is 7.31. The molecule has 0 saturated heterocycles. The largest absolute Gasteiger partial charge is 0.396 e. The van der Waals surface area contributed by atoms with Gasteiger partial charge in [0.25, 0.3) is 0 Å². The molecular weight excluding hydrogens is 298 g/mol. The number of fused-ring (bicyclic) bond motifs is 1. The van der Waals surface area contributed by atoms with Gasteiger partial charge in [-0.25, -0.2) is 0 Å². The summed E-state index contributed by atoms with van der Waals surface area (Å²) in [7, 11) is 0. The van der Waals surface area contributed by atoms with E-state index in [-0.39, 0.29) is 0 Å². The number of nitrogens with one attached hydrogen (secondary N) is 1. The summed E-state index contributed by atoms with van der Waals surface area (Å²) in [6.45, 7) is 1.31. The minimum atomic E-state index is 0.298. The van der Waals surface area contributed by atoms with Crippen LogP contribution < -0.4 is 5.32 Å². The molecule has 0 spiro atoms. The normalized spacial score (nSPS) is 18.3. The molecular formula is C14H20ClNOS2. The van der Waals surface area contributed by atoms with E-state index in [0.717, 1.165) is 29.5 Å². The van der Waals surface area contributed by atoms with E-state index in [4.69, 9.17) is 16.7 Å². The number of aliphatic hydroxyl groups is 1. The van der Waals surface area contributed by atoms with Crippen molar-refractivity contribution in [2.75, 3.05) is 30.4 Å². The van der Waals surface area contributed by atoms with E-state index < -0.39 is 0 Å². The number of rotatable bonds is 7. The van der Waals surface area contributed by atoms with Crippen molar-refractivity contribution in [3.05, 3.63) is 28.8 Å². The highest BCUT2D eigenvalue weighted by atomic mass is 35.5. The Labute approximate surface area is 128 Å². The fraction of sp³-hybridized carbons (Fsp3) is 0.571. The van der Waals surface area contributed by atoms with Gasteiger partial charge in [-0.3, -0.25) is 0 Å². The second kappa shape index (κ2) is 8.42. The van der Waals surface area contributed by atoms with Crippen LogP contribution in [0, 0.1) is 0 Å². The molecule has 1 aliphatic rings. The Morgan fingerprint density at radius 2 is 2.32 bits per heavy atom. The first-order chi connectivity index (χ1) is 9.31. The summed E-state index contributed by atoms with van der Waals surface area (Å²) < 4.78 is 0. The van der Waals surface area contributed by atoms with Crippen molar-refractivity contribution in [1.29, 1.82) is 0 Å². The molecule has 106 valence electrons. The molecule has 0 radical (unpaired) electrons. The Kier molecular flexibility index (Phi) is 6.88. The molecule has 0 bridgehead atoms. The van der Waals surface area contributed by atoms with Gasteiger partial charge >= 0.3 is 0 Å². The SMILES string of the molecule is OCCCSCCNC1CCSc2ccc(Cl)cc21. The Morgan fingerprint density at radius 1 is 1.42 bits per heavy atom. The zero-order chi connectivity index (χ0) is 13.5. The predicted molar refractivity (Wildman–Crippen MR) is 86.6 cm³/mol. The molecule has 2 rings (SSSR count). The highest BCUT2D eigenvalue weighted by molar-refractivity contribution is 7.99. The van der Waals surface area contributed by atoms with Crippen molar-refractivity contribution >= 4 is 35.1 Å². The third kappa shape index (κ3) is 4.87. The molecule has 5 heteroatoms. The molecule has 1 aromatic rings. The molecule has 19 heavy (non-hydrogen) atoms. The molecule has 1 aliphatic heterocycles. The average molecular weight is 318 g/mol. The molecule has 2 N–H and O–H groups in total. The van der Waals surface area contributed by atoms with Crippen LogP contribution in [0.5, 0.6) is 0 Å². The van der Waals surface area contributed by atoms with Gasteiger partial charge in [0, 0.05) is 34.9 Å². The monoisotopic (exact) mass is 317 g/mol. The lowest BCUT2D eigenvalue weighted by atomic mass is 10.0. The molecule has 0 saturated carbocycles. The van der Waals surface area contributed by atoms with E-state index in [1.165, 1.54) is 22.6 Å². The van der Waals surface area contributed by atoms with E-state index in [1.807, 2.05) is 29.6 Å². The van der Waals surface area contributed by atoms with Crippen LogP contribution in [-0.2, 0) is 0 Å². The van der Waals surface area contributed by atoms with E-state index in [1.54, 1.807) is 0 Å². The molecule has 0 amide bonds. The van der Waals surface area contributed by atoms with Crippen LogP contribution in [0.1, 0.15) is 24.4 Å². The molecule has 1 unspecified atom stereocenters. The van der Waals surface area contributed by atoms with Crippen LogP contribution in [-0.4, -0.2) is 35.5 Å². The minimum Gasteiger partial charge on any atom is -0.396 e. The van der Waals surface area contributed by atoms with Gasteiger partial charge in [-0.05, 0) is 48.1 Å². The van der Waals surface area contributed by atoms with Crippen molar-refractivity contribution in [1.82, 2.24) is 5.32 Å². The molecule has 2 nitrogen and oxygen atoms in total. The maximum atomic E-state index is 8.72. The molecule has 0 aliphatic carbocycles. The summed E-state index contributed by atoms with van der Waals surface area (Å²) >= 11 is 9.91. The van der Waals surface area contributed by atoms with Crippen LogP contribution in [0.2, 0.25) is 5.02 Å². The lowest BCUT2D eigenvalue weighted by Crippen LogP contribution is -2.26. The van der Waals surface area contributed by atoms with Gasteiger partial charge in [-0.1, -0.05) is 11.6 Å². The maximum Gasteiger partial charge on any atom is 0.0438 e. The topological polar surface area (TPSA) is 32.3 Å². The van der Waals surface area contributed by atoms with Crippen molar-refractivity contribution in [3.8, 4) is 0 Å². The van der Waals surface area contributed by atoms with Gasteiger partial charge in [0.15, 0.2) is 0 Å². The molecule has 1 heterocycles. The quantitative estimate of drug-likeness (QED) is 0.753. The van der Waals surface area contributed by atoms with Gasteiger partial charge in [0.2, 0.25) is 0 Å². The zero-order valence-corrected chi connectivity index (χ0v) is 13.3. The van der Waals surface area contributed by atoms with Crippen LogP contribution >= 0.6 is 35.1 Å². The van der Waals surface area contributed by atoms with E-state index in [9.17, 15) is 0 Å². The fourth-order valence-electron chi connectivity index (χ4n) is 2.15. The number of hydrogen-bond donors (Lipinski definition) is 2. The van der Waals surface area contributed by atoms with Crippen LogP contribution in [0.4, 0.5) is 0 Å². The van der Waals surface area contributed by atoms with Gasteiger partial charge in [0.05, 0.1) is 0 Å². The maximum absolute atomic E-state index is 8.72. The first-order valence-electron chi connectivity index (χ1n) is 6.65. The second-order valence-electron chi connectivity index (χ2n) is 4.52. The Hall–Kier alpha value is 0.130. The summed E-state index contributed by atoms with van der Waals surface area (Å²) in [4.78, 5) is 1.36. The lowest BCUT2D eigenvalue weighted by Gasteiger charge is -2.26. The fourth-order valence-corrected chi connectivity index (χ4v) is 4.24. The van der Waals surface area contributed by atoms with Gasteiger partial charge in [-0.15, -0.1) is 11.8 Å². The van der Waals surface area contributed by atoms with Gasteiger partial charge in [-0.2, -0.15) is 11.8 Å². The third-order valence-electron chi connectivity index (χ3n) is 3.10. The summed E-state index contributed by atoms with van der Waals surface area (Å²) in [5.41, 5.74) is 1.35. The van der Waals surface area contributed by atoms with Gasteiger partial charge < -0.3 is 10.4 Å². The van der Waals surface area contributed by atoms with Crippen LogP contribution in [0.25, 0.3) is 0 Å². The molecule has 0 aromatic heterocycles. The minimum absolute atomic E-state index is 0.298. The van der Waals surface area contributed by atoms with Crippen LogP contribution in [0.3, 0.4) is 0 Å². The first-order valence-corrected chi connectivity index (χ1v) is 9.17. The first kappa shape index (κ1) is 15.5. The number of thioether (sulfide) groups is 2. The molecule has 0 fully saturated rings. The smallest absolute Gasteiger partial charge is 0.0438 e. The van der Waals surface area contributed by atoms with Crippen molar-refractivity contribution in [3.63, 3.8) is 0 Å². The van der Waals surface area contributed by atoms with Gasteiger partial charge in [0.1, 0.15) is 0 Å². The van der Waals surface area contributed by atoms with Crippen LogP contribution in [0.15, 0.2) is 23.1 Å². The van der Waals surface area contributed by atoms with Crippen molar-refractivity contribution in [2.24, 2.45) is 0 Å². The van der Waals surface area contributed by atoms with E-state index in [0.29, 0.717) is 12.6 Å². The van der Waals surface area contributed by atoms with E-state index in [2.05, 4.69) is 17.4 Å². The highest BCUT2D eigenvalue weighted by Crippen LogP contribution is 2.37. The van der Waals surface area contributed by atoms with Crippen molar-refractivity contribution < 1.29 is 5.11 Å². The number of aliphatic hydroxyl groups excluding tert-OH is 1. The number of benzene rings is 1. The Bertz CT molecular complexity index is 403. The predicted octanol–water partition coefficient (Wildman–Crippen LogP) is 3.58. The molecule has 1 atom stereocenters. The summed E-state index contributed by atoms with van der Waals surface area (Å²) in [5, 5.41) is 13.2. The average Bonchev–Trinajstić information content (AvgIpc) is 2.43. The summed E-state index contributed by atoms with van der Waals surface area (Å²) in [6, 6.07) is 6.64. The third-order valence-corrected chi connectivity index (χ3v) is 5.52. The Balaban J connectivity index is 1.80. The zero-order valence-electron chi connectivity index (χ0n) is 10.9. The number of halogens is 1. The summed E-state index contributed by atoms with van der Waals surface area (Å²) in [6.07, 6.45) is 2.06. The highest BCUT2D eigenvalue weighted by Gasteiger charge is 2.20. The Morgan fingerprint density at radius 3 is 3.16 bits per heavy atom.